The monoisotopic (exact) mass is 293 g/mol. The first-order chi connectivity index (χ1) is 10.1. The van der Waals surface area contributed by atoms with Crippen molar-refractivity contribution in [1.29, 1.82) is 0 Å². The lowest BCUT2D eigenvalue weighted by Crippen LogP contribution is -2.17. The van der Waals surface area contributed by atoms with Crippen LogP contribution >= 0.6 is 0 Å². The lowest BCUT2D eigenvalue weighted by atomic mass is 10.2. The van der Waals surface area contributed by atoms with Gasteiger partial charge in [-0.25, -0.2) is 0 Å². The minimum absolute atomic E-state index is 0.0832. The lowest BCUT2D eigenvalue weighted by Gasteiger charge is -2.13. The van der Waals surface area contributed by atoms with E-state index in [1.807, 2.05) is 6.92 Å². The van der Waals surface area contributed by atoms with Gasteiger partial charge in [-0.05, 0) is 31.5 Å². The van der Waals surface area contributed by atoms with Gasteiger partial charge in [0.05, 0.1) is 18.5 Å². The fourth-order valence-corrected chi connectivity index (χ4v) is 1.78. The van der Waals surface area contributed by atoms with Gasteiger partial charge in [-0.3, -0.25) is 9.59 Å². The smallest absolute Gasteiger partial charge is 0.224 e. The minimum Gasteiger partial charge on any atom is -0.497 e. The molecule has 0 spiro atoms. The summed E-state index contributed by atoms with van der Waals surface area (Å²) < 4.78 is 5.14. The van der Waals surface area contributed by atoms with Gasteiger partial charge in [0, 0.05) is 18.9 Å². The molecule has 21 heavy (non-hydrogen) atoms. The van der Waals surface area contributed by atoms with Gasteiger partial charge >= 0.3 is 0 Å². The van der Waals surface area contributed by atoms with Gasteiger partial charge < -0.3 is 21.1 Å². The van der Waals surface area contributed by atoms with E-state index in [9.17, 15) is 9.59 Å². The standard InChI is InChI=1S/C15H23N3O3/c1-3-5-14(19)17-12-8-7-11(21-2)10-13(12)18-15(20)6-4-9-16/h7-8,10H,3-6,9,16H2,1-2H3,(H,17,19)(H,18,20). The van der Waals surface area contributed by atoms with E-state index in [2.05, 4.69) is 10.6 Å². The van der Waals surface area contributed by atoms with Gasteiger partial charge in [0.1, 0.15) is 5.75 Å². The van der Waals surface area contributed by atoms with Gasteiger partial charge in [-0.15, -0.1) is 0 Å². The molecule has 1 aromatic rings. The van der Waals surface area contributed by atoms with Crippen LogP contribution in [0.4, 0.5) is 11.4 Å². The fraction of sp³-hybridized carbons (Fsp3) is 0.467. The van der Waals surface area contributed by atoms with Crippen molar-refractivity contribution in [1.82, 2.24) is 0 Å². The third-order valence-electron chi connectivity index (χ3n) is 2.86. The van der Waals surface area contributed by atoms with Gasteiger partial charge in [0.25, 0.3) is 0 Å². The second-order valence-corrected chi connectivity index (χ2v) is 4.65. The third kappa shape index (κ3) is 5.83. The van der Waals surface area contributed by atoms with Crippen LogP contribution in [0.25, 0.3) is 0 Å². The molecule has 0 atom stereocenters. The van der Waals surface area contributed by atoms with Crippen LogP contribution in [0.2, 0.25) is 0 Å². The minimum atomic E-state index is -0.139. The van der Waals surface area contributed by atoms with E-state index >= 15 is 0 Å². The number of carbonyl (C=O) groups excluding carboxylic acids is 2. The summed E-state index contributed by atoms with van der Waals surface area (Å²) in [6.45, 7) is 2.40. The summed E-state index contributed by atoms with van der Waals surface area (Å²) in [4.78, 5) is 23.5. The van der Waals surface area contributed by atoms with E-state index in [0.29, 0.717) is 42.9 Å². The van der Waals surface area contributed by atoms with E-state index in [0.717, 1.165) is 6.42 Å². The molecule has 1 rings (SSSR count). The molecule has 4 N–H and O–H groups in total. The number of hydrogen-bond donors (Lipinski definition) is 3. The average Bonchev–Trinajstić information content (AvgIpc) is 2.47. The number of methoxy groups -OCH3 is 1. The van der Waals surface area contributed by atoms with E-state index < -0.39 is 0 Å². The predicted octanol–water partition coefficient (Wildman–Crippen LogP) is 2.11. The summed E-state index contributed by atoms with van der Waals surface area (Å²) in [7, 11) is 1.55. The Labute approximate surface area is 125 Å². The molecule has 0 unspecified atom stereocenters. The van der Waals surface area contributed by atoms with E-state index in [-0.39, 0.29) is 11.8 Å². The van der Waals surface area contributed by atoms with Crippen molar-refractivity contribution in [2.24, 2.45) is 5.73 Å². The normalized spacial score (nSPS) is 10.0. The Morgan fingerprint density at radius 2 is 1.81 bits per heavy atom. The molecular weight excluding hydrogens is 270 g/mol. The molecule has 1 aromatic carbocycles. The maximum absolute atomic E-state index is 11.8. The number of amides is 2. The van der Waals surface area contributed by atoms with Crippen molar-refractivity contribution in [2.45, 2.75) is 32.6 Å². The Morgan fingerprint density at radius 1 is 1.14 bits per heavy atom. The summed E-state index contributed by atoms with van der Waals surface area (Å²) in [5.74, 6) is 0.387. The number of anilines is 2. The summed E-state index contributed by atoms with van der Waals surface area (Å²) in [6.07, 6.45) is 2.16. The van der Waals surface area contributed by atoms with Gasteiger partial charge in [-0.2, -0.15) is 0 Å². The van der Waals surface area contributed by atoms with Gasteiger partial charge in [0.15, 0.2) is 0 Å². The zero-order valence-electron chi connectivity index (χ0n) is 12.6. The number of carbonyl (C=O) groups is 2. The van der Waals surface area contributed by atoms with Crippen molar-refractivity contribution in [3.63, 3.8) is 0 Å². The highest BCUT2D eigenvalue weighted by molar-refractivity contribution is 5.99. The Balaban J connectivity index is 2.86. The van der Waals surface area contributed by atoms with Crippen molar-refractivity contribution < 1.29 is 14.3 Å². The molecule has 0 radical (unpaired) electrons. The van der Waals surface area contributed by atoms with Crippen LogP contribution in [0.5, 0.6) is 5.75 Å². The number of benzene rings is 1. The Hall–Kier alpha value is -2.08. The first-order valence-corrected chi connectivity index (χ1v) is 7.08. The molecule has 0 saturated carbocycles. The molecule has 2 amide bonds. The molecule has 116 valence electrons. The summed E-state index contributed by atoms with van der Waals surface area (Å²) >= 11 is 0. The largest absolute Gasteiger partial charge is 0.497 e. The molecule has 0 saturated heterocycles. The lowest BCUT2D eigenvalue weighted by molar-refractivity contribution is -0.117. The molecular formula is C15H23N3O3. The summed E-state index contributed by atoms with van der Waals surface area (Å²) in [5, 5.41) is 5.57. The first kappa shape index (κ1) is 17.0. The van der Waals surface area contributed by atoms with Crippen LogP contribution in [0, 0.1) is 0 Å². The van der Waals surface area contributed by atoms with Crippen LogP contribution in [0.15, 0.2) is 18.2 Å². The van der Waals surface area contributed by atoms with Crippen molar-refractivity contribution >= 4 is 23.2 Å². The molecule has 6 nitrogen and oxygen atoms in total. The number of nitrogens with one attached hydrogen (secondary N) is 2. The number of hydrogen-bond acceptors (Lipinski definition) is 4. The number of nitrogens with two attached hydrogens (primary N) is 1. The zero-order valence-corrected chi connectivity index (χ0v) is 12.6. The zero-order chi connectivity index (χ0) is 15.7. The second kappa shape index (κ2) is 8.97. The van der Waals surface area contributed by atoms with Crippen molar-refractivity contribution in [3.05, 3.63) is 18.2 Å². The molecule has 0 heterocycles. The molecule has 0 aliphatic carbocycles. The number of ether oxygens (including phenoxy) is 1. The van der Waals surface area contributed by atoms with Crippen molar-refractivity contribution in [2.75, 3.05) is 24.3 Å². The highest BCUT2D eigenvalue weighted by atomic mass is 16.5. The molecule has 0 aliphatic rings. The van der Waals surface area contributed by atoms with E-state index in [4.69, 9.17) is 10.5 Å². The fourth-order valence-electron chi connectivity index (χ4n) is 1.78. The maximum Gasteiger partial charge on any atom is 0.224 e. The van der Waals surface area contributed by atoms with Gasteiger partial charge in [0.2, 0.25) is 11.8 Å². The third-order valence-corrected chi connectivity index (χ3v) is 2.86. The van der Waals surface area contributed by atoms with Crippen LogP contribution < -0.4 is 21.1 Å². The summed E-state index contributed by atoms with van der Waals surface area (Å²) in [6, 6.07) is 5.13. The predicted molar refractivity (Wildman–Crippen MR) is 83.4 cm³/mol. The van der Waals surface area contributed by atoms with Crippen LogP contribution in [0.3, 0.4) is 0 Å². The topological polar surface area (TPSA) is 93.5 Å². The number of rotatable bonds is 8. The van der Waals surface area contributed by atoms with Crippen LogP contribution in [-0.2, 0) is 9.59 Å². The molecule has 0 bridgehead atoms. The van der Waals surface area contributed by atoms with Gasteiger partial charge in [-0.1, -0.05) is 6.92 Å². The first-order valence-electron chi connectivity index (χ1n) is 7.08. The Morgan fingerprint density at radius 3 is 2.43 bits per heavy atom. The average molecular weight is 293 g/mol. The molecule has 6 heteroatoms. The SMILES string of the molecule is CCCC(=O)Nc1ccc(OC)cc1NC(=O)CCCN. The summed E-state index contributed by atoms with van der Waals surface area (Å²) in [5.41, 5.74) is 6.48. The van der Waals surface area contributed by atoms with E-state index in [1.165, 1.54) is 0 Å². The molecule has 0 aromatic heterocycles. The molecule has 0 fully saturated rings. The quantitative estimate of drug-likeness (QED) is 0.684. The second-order valence-electron chi connectivity index (χ2n) is 4.65. The van der Waals surface area contributed by atoms with Crippen LogP contribution in [0.1, 0.15) is 32.6 Å². The van der Waals surface area contributed by atoms with E-state index in [1.54, 1.807) is 25.3 Å². The Kier molecular flexibility index (Phi) is 7.25. The highest BCUT2D eigenvalue weighted by Crippen LogP contribution is 2.27. The van der Waals surface area contributed by atoms with Crippen molar-refractivity contribution in [3.8, 4) is 5.75 Å². The highest BCUT2D eigenvalue weighted by Gasteiger charge is 2.10. The molecule has 0 aliphatic heterocycles. The Bertz CT molecular complexity index is 489. The maximum atomic E-state index is 11.8. The van der Waals surface area contributed by atoms with Crippen LogP contribution in [-0.4, -0.2) is 25.5 Å².